The summed E-state index contributed by atoms with van der Waals surface area (Å²) in [5.41, 5.74) is 5.48. The van der Waals surface area contributed by atoms with E-state index in [0.29, 0.717) is 0 Å². The second kappa shape index (κ2) is 9.96. The third kappa shape index (κ3) is 8.22. The monoisotopic (exact) mass is 188 g/mol. The van der Waals surface area contributed by atoms with Crippen molar-refractivity contribution in [1.29, 1.82) is 0 Å². The van der Waals surface area contributed by atoms with E-state index in [1.165, 1.54) is 13.0 Å². The molecule has 0 heterocycles. The number of nitrogens with zero attached hydrogens (tertiary/aromatic N) is 1. The van der Waals surface area contributed by atoms with Crippen LogP contribution in [0, 0.1) is 0 Å². The first kappa shape index (κ1) is 12.9. The Kier molecular flexibility index (Phi) is 9.87. The number of hydrogen-bond donors (Lipinski definition) is 1. The zero-order valence-electron chi connectivity index (χ0n) is 9.09. The quantitative estimate of drug-likeness (QED) is 0.550. The van der Waals surface area contributed by atoms with Gasteiger partial charge in [0.1, 0.15) is 0 Å². The highest BCUT2D eigenvalue weighted by Gasteiger charge is 2.01. The molecule has 0 aliphatic carbocycles. The number of methoxy groups -OCH3 is 1. The topological polar surface area (TPSA) is 38.5 Å². The molecule has 2 N–H and O–H groups in total. The fraction of sp³-hybridized carbons (Fsp3) is 1.00. The first-order valence-electron chi connectivity index (χ1n) is 5.26. The summed E-state index contributed by atoms with van der Waals surface area (Å²) in [4.78, 5) is 2.46. The molecular weight excluding hydrogens is 164 g/mol. The van der Waals surface area contributed by atoms with Gasteiger partial charge in [0, 0.05) is 20.3 Å². The van der Waals surface area contributed by atoms with E-state index in [0.717, 1.165) is 39.1 Å². The zero-order chi connectivity index (χ0) is 9.94. The van der Waals surface area contributed by atoms with Crippen molar-refractivity contribution >= 4 is 0 Å². The SMILES string of the molecule is CCCN(CCCN)CCCOC. The van der Waals surface area contributed by atoms with Gasteiger partial charge in [-0.05, 0) is 38.9 Å². The molecule has 0 aliphatic heterocycles. The van der Waals surface area contributed by atoms with E-state index < -0.39 is 0 Å². The summed E-state index contributed by atoms with van der Waals surface area (Å²) >= 11 is 0. The Bertz CT molecular complexity index is 98.9. The van der Waals surface area contributed by atoms with Gasteiger partial charge in [-0.15, -0.1) is 0 Å². The van der Waals surface area contributed by atoms with E-state index in [2.05, 4.69) is 11.8 Å². The number of ether oxygens (including phenoxy) is 1. The minimum atomic E-state index is 0.796. The van der Waals surface area contributed by atoms with Crippen LogP contribution in [0.4, 0.5) is 0 Å². The van der Waals surface area contributed by atoms with Crippen LogP contribution in [0.5, 0.6) is 0 Å². The third-order valence-electron chi connectivity index (χ3n) is 2.04. The Morgan fingerprint density at radius 1 is 1.15 bits per heavy atom. The molecule has 0 aromatic heterocycles. The maximum atomic E-state index is 5.48. The average molecular weight is 188 g/mol. The summed E-state index contributed by atoms with van der Waals surface area (Å²) in [6, 6.07) is 0. The van der Waals surface area contributed by atoms with Crippen molar-refractivity contribution in [2.45, 2.75) is 26.2 Å². The highest BCUT2D eigenvalue weighted by atomic mass is 16.5. The summed E-state index contributed by atoms with van der Waals surface area (Å²) in [5.74, 6) is 0. The van der Waals surface area contributed by atoms with Gasteiger partial charge in [0.15, 0.2) is 0 Å². The molecule has 0 fully saturated rings. The maximum Gasteiger partial charge on any atom is 0.0474 e. The molecular formula is C10H24N2O. The van der Waals surface area contributed by atoms with Crippen LogP contribution in [0.25, 0.3) is 0 Å². The summed E-state index contributed by atoms with van der Waals surface area (Å²) < 4.78 is 5.02. The lowest BCUT2D eigenvalue weighted by molar-refractivity contribution is 0.171. The van der Waals surface area contributed by atoms with Crippen LogP contribution in [0.3, 0.4) is 0 Å². The highest BCUT2D eigenvalue weighted by Crippen LogP contribution is 1.95. The second-order valence-corrected chi connectivity index (χ2v) is 3.33. The molecule has 0 bridgehead atoms. The molecule has 0 aliphatic rings. The van der Waals surface area contributed by atoms with Gasteiger partial charge in [-0.25, -0.2) is 0 Å². The van der Waals surface area contributed by atoms with E-state index >= 15 is 0 Å². The van der Waals surface area contributed by atoms with Crippen LogP contribution in [-0.2, 0) is 4.74 Å². The molecule has 0 aromatic rings. The van der Waals surface area contributed by atoms with Gasteiger partial charge >= 0.3 is 0 Å². The van der Waals surface area contributed by atoms with Crippen molar-refractivity contribution in [3.05, 3.63) is 0 Å². The molecule has 0 saturated carbocycles. The van der Waals surface area contributed by atoms with Gasteiger partial charge < -0.3 is 15.4 Å². The lowest BCUT2D eigenvalue weighted by Gasteiger charge is -2.20. The fourth-order valence-corrected chi connectivity index (χ4v) is 1.40. The summed E-state index contributed by atoms with van der Waals surface area (Å²) in [6.45, 7) is 7.33. The van der Waals surface area contributed by atoms with Crippen molar-refractivity contribution in [3.63, 3.8) is 0 Å². The van der Waals surface area contributed by atoms with Crippen molar-refractivity contribution in [2.24, 2.45) is 5.73 Å². The highest BCUT2D eigenvalue weighted by molar-refractivity contribution is 4.57. The molecule has 0 spiro atoms. The van der Waals surface area contributed by atoms with Crippen molar-refractivity contribution in [3.8, 4) is 0 Å². The Balaban J connectivity index is 3.41. The van der Waals surface area contributed by atoms with Gasteiger partial charge in [-0.3, -0.25) is 0 Å². The molecule has 0 rings (SSSR count). The van der Waals surface area contributed by atoms with Gasteiger partial charge in [0.2, 0.25) is 0 Å². The van der Waals surface area contributed by atoms with E-state index in [1.54, 1.807) is 7.11 Å². The van der Waals surface area contributed by atoms with Gasteiger partial charge in [-0.2, -0.15) is 0 Å². The van der Waals surface area contributed by atoms with E-state index in [-0.39, 0.29) is 0 Å². The van der Waals surface area contributed by atoms with Crippen LogP contribution in [0.15, 0.2) is 0 Å². The van der Waals surface area contributed by atoms with Crippen LogP contribution >= 0.6 is 0 Å². The Hall–Kier alpha value is -0.120. The van der Waals surface area contributed by atoms with E-state index in [9.17, 15) is 0 Å². The minimum Gasteiger partial charge on any atom is -0.385 e. The lowest BCUT2D eigenvalue weighted by Crippen LogP contribution is -2.28. The van der Waals surface area contributed by atoms with E-state index in [1.807, 2.05) is 0 Å². The third-order valence-corrected chi connectivity index (χ3v) is 2.04. The Labute approximate surface area is 82.2 Å². The number of hydrogen-bond acceptors (Lipinski definition) is 3. The molecule has 0 radical (unpaired) electrons. The minimum absolute atomic E-state index is 0.796. The van der Waals surface area contributed by atoms with Gasteiger partial charge in [0.05, 0.1) is 0 Å². The smallest absolute Gasteiger partial charge is 0.0474 e. The first-order chi connectivity index (χ1) is 6.35. The largest absolute Gasteiger partial charge is 0.385 e. The standard InChI is InChI=1S/C10H24N2O/c1-3-7-12(8-4-6-11)9-5-10-13-2/h3-11H2,1-2H3. The Morgan fingerprint density at radius 3 is 2.38 bits per heavy atom. The molecule has 0 unspecified atom stereocenters. The molecule has 0 aromatic carbocycles. The molecule has 0 amide bonds. The summed E-state index contributed by atoms with van der Waals surface area (Å²) in [7, 11) is 1.75. The maximum absolute atomic E-state index is 5.48. The normalized spacial score (nSPS) is 11.1. The summed E-state index contributed by atoms with van der Waals surface area (Å²) in [5, 5.41) is 0. The molecule has 80 valence electrons. The molecule has 3 heteroatoms. The van der Waals surface area contributed by atoms with Crippen molar-refractivity contribution in [1.82, 2.24) is 4.90 Å². The average Bonchev–Trinajstić information content (AvgIpc) is 2.14. The van der Waals surface area contributed by atoms with E-state index in [4.69, 9.17) is 10.5 Å². The number of nitrogens with two attached hydrogens (primary N) is 1. The number of rotatable bonds is 9. The second-order valence-electron chi connectivity index (χ2n) is 3.33. The molecule has 3 nitrogen and oxygen atoms in total. The molecule has 0 saturated heterocycles. The van der Waals surface area contributed by atoms with Crippen LogP contribution in [-0.4, -0.2) is 44.8 Å². The molecule has 0 atom stereocenters. The lowest BCUT2D eigenvalue weighted by atomic mass is 10.3. The fourth-order valence-electron chi connectivity index (χ4n) is 1.40. The van der Waals surface area contributed by atoms with Gasteiger partial charge in [-0.1, -0.05) is 6.92 Å². The van der Waals surface area contributed by atoms with Gasteiger partial charge in [0.25, 0.3) is 0 Å². The van der Waals surface area contributed by atoms with Crippen LogP contribution in [0.2, 0.25) is 0 Å². The molecule has 13 heavy (non-hydrogen) atoms. The first-order valence-corrected chi connectivity index (χ1v) is 5.26. The van der Waals surface area contributed by atoms with Crippen molar-refractivity contribution in [2.75, 3.05) is 39.9 Å². The van der Waals surface area contributed by atoms with Crippen molar-refractivity contribution < 1.29 is 4.74 Å². The summed E-state index contributed by atoms with van der Waals surface area (Å²) in [6.07, 6.45) is 3.45. The van der Waals surface area contributed by atoms with Crippen LogP contribution in [0.1, 0.15) is 26.2 Å². The predicted octanol–water partition coefficient (Wildman–Crippen LogP) is 1.08. The predicted molar refractivity (Wildman–Crippen MR) is 56.9 cm³/mol. The van der Waals surface area contributed by atoms with Crippen LogP contribution < -0.4 is 5.73 Å². The zero-order valence-corrected chi connectivity index (χ0v) is 9.09. The Morgan fingerprint density at radius 2 is 1.85 bits per heavy atom.